The molecule has 0 spiro atoms. The highest BCUT2D eigenvalue weighted by Gasteiger charge is 1.87. The smallest absolute Gasteiger partial charge is 0.293 e. The molecule has 0 bridgehead atoms. The second-order valence-electron chi connectivity index (χ2n) is 2.41. The Labute approximate surface area is 83.3 Å². The van der Waals surface area contributed by atoms with Crippen LogP contribution in [-0.2, 0) is 16.1 Å². The van der Waals surface area contributed by atoms with Crippen molar-refractivity contribution >= 4 is 6.47 Å². The molecule has 1 rings (SSSR count). The van der Waals surface area contributed by atoms with Gasteiger partial charge in [0, 0.05) is 6.54 Å². The SMILES string of the molecule is NCCO.O=COCc1ccccc1. The van der Waals surface area contributed by atoms with Gasteiger partial charge in [-0.3, -0.25) is 4.79 Å². The number of benzene rings is 1. The van der Waals surface area contributed by atoms with Gasteiger partial charge in [0.1, 0.15) is 6.61 Å². The van der Waals surface area contributed by atoms with Crippen LogP contribution in [0.2, 0.25) is 0 Å². The molecule has 0 saturated heterocycles. The maximum atomic E-state index is 9.76. The lowest BCUT2D eigenvalue weighted by Crippen LogP contribution is -2.02. The van der Waals surface area contributed by atoms with Crippen molar-refractivity contribution in [3.05, 3.63) is 35.9 Å². The van der Waals surface area contributed by atoms with Crippen molar-refractivity contribution in [2.24, 2.45) is 5.73 Å². The number of aliphatic hydroxyl groups excluding tert-OH is 1. The summed E-state index contributed by atoms with van der Waals surface area (Å²) in [6, 6.07) is 9.55. The lowest BCUT2D eigenvalue weighted by Gasteiger charge is -1.95. The zero-order valence-corrected chi connectivity index (χ0v) is 7.93. The normalized spacial score (nSPS) is 8.43. The first-order valence-corrected chi connectivity index (χ1v) is 4.25. The quantitative estimate of drug-likeness (QED) is 0.681. The fourth-order valence-electron chi connectivity index (χ4n) is 0.704. The Morgan fingerprint density at radius 2 is 1.93 bits per heavy atom. The van der Waals surface area contributed by atoms with E-state index in [-0.39, 0.29) is 6.61 Å². The summed E-state index contributed by atoms with van der Waals surface area (Å²) in [4.78, 5) is 9.76. The van der Waals surface area contributed by atoms with Crippen molar-refractivity contribution < 1.29 is 14.6 Å². The molecule has 0 heterocycles. The van der Waals surface area contributed by atoms with Crippen LogP contribution in [-0.4, -0.2) is 24.7 Å². The fourth-order valence-corrected chi connectivity index (χ4v) is 0.704. The van der Waals surface area contributed by atoms with Crippen LogP contribution >= 0.6 is 0 Å². The number of ether oxygens (including phenoxy) is 1. The Morgan fingerprint density at radius 3 is 2.36 bits per heavy atom. The molecular formula is C10H15NO3. The molecule has 0 saturated carbocycles. The topological polar surface area (TPSA) is 72.5 Å². The van der Waals surface area contributed by atoms with Gasteiger partial charge in [-0.05, 0) is 5.56 Å². The molecular weight excluding hydrogens is 182 g/mol. The second-order valence-corrected chi connectivity index (χ2v) is 2.41. The van der Waals surface area contributed by atoms with Gasteiger partial charge in [0.25, 0.3) is 6.47 Å². The van der Waals surface area contributed by atoms with Crippen LogP contribution in [0.25, 0.3) is 0 Å². The van der Waals surface area contributed by atoms with E-state index >= 15 is 0 Å². The van der Waals surface area contributed by atoms with E-state index in [2.05, 4.69) is 4.74 Å². The number of hydrogen-bond acceptors (Lipinski definition) is 4. The molecule has 1 aromatic carbocycles. The summed E-state index contributed by atoms with van der Waals surface area (Å²) in [5.41, 5.74) is 5.79. The van der Waals surface area contributed by atoms with Gasteiger partial charge in [-0.15, -0.1) is 0 Å². The molecule has 4 nitrogen and oxygen atoms in total. The third-order valence-corrected chi connectivity index (χ3v) is 1.29. The van der Waals surface area contributed by atoms with Crippen LogP contribution in [0.4, 0.5) is 0 Å². The Bertz CT molecular complexity index is 224. The number of nitrogens with two attached hydrogens (primary N) is 1. The number of aliphatic hydroxyl groups is 1. The highest BCUT2D eigenvalue weighted by atomic mass is 16.5. The summed E-state index contributed by atoms with van der Waals surface area (Å²) in [6.45, 7) is 1.29. The molecule has 0 radical (unpaired) electrons. The van der Waals surface area contributed by atoms with Crippen molar-refractivity contribution in [1.29, 1.82) is 0 Å². The summed E-state index contributed by atoms with van der Waals surface area (Å²) in [6.07, 6.45) is 0. The molecule has 0 aromatic heterocycles. The van der Waals surface area contributed by atoms with Crippen molar-refractivity contribution in [3.8, 4) is 0 Å². The monoisotopic (exact) mass is 197 g/mol. The molecule has 0 aliphatic heterocycles. The molecule has 4 heteroatoms. The lowest BCUT2D eigenvalue weighted by atomic mass is 10.2. The minimum Gasteiger partial charge on any atom is -0.463 e. The summed E-state index contributed by atoms with van der Waals surface area (Å²) in [5, 5.41) is 7.75. The molecule has 14 heavy (non-hydrogen) atoms. The molecule has 0 fully saturated rings. The van der Waals surface area contributed by atoms with Gasteiger partial charge in [-0.2, -0.15) is 0 Å². The number of rotatable bonds is 4. The zero-order valence-electron chi connectivity index (χ0n) is 7.93. The van der Waals surface area contributed by atoms with Gasteiger partial charge >= 0.3 is 0 Å². The van der Waals surface area contributed by atoms with E-state index in [9.17, 15) is 4.79 Å². The molecule has 0 unspecified atom stereocenters. The number of carbonyl (C=O) groups excluding carboxylic acids is 1. The molecule has 1 aromatic rings. The molecule has 3 N–H and O–H groups in total. The number of hydrogen-bond donors (Lipinski definition) is 2. The van der Waals surface area contributed by atoms with Crippen LogP contribution in [0.5, 0.6) is 0 Å². The third kappa shape index (κ3) is 7.27. The first-order chi connectivity index (χ1) is 6.85. The van der Waals surface area contributed by atoms with Gasteiger partial charge in [-0.25, -0.2) is 0 Å². The predicted octanol–water partition coefficient (Wildman–Crippen LogP) is 0.297. The largest absolute Gasteiger partial charge is 0.463 e. The first-order valence-electron chi connectivity index (χ1n) is 4.25. The Hall–Kier alpha value is -1.39. The van der Waals surface area contributed by atoms with Crippen molar-refractivity contribution in [2.75, 3.05) is 13.2 Å². The van der Waals surface area contributed by atoms with Gasteiger partial charge in [0.15, 0.2) is 0 Å². The first kappa shape index (κ1) is 12.6. The minimum absolute atomic E-state index is 0.0972. The summed E-state index contributed by atoms with van der Waals surface area (Å²) in [5.74, 6) is 0. The van der Waals surface area contributed by atoms with Crippen LogP contribution in [0, 0.1) is 0 Å². The van der Waals surface area contributed by atoms with Gasteiger partial charge in [-0.1, -0.05) is 30.3 Å². The highest BCUT2D eigenvalue weighted by Crippen LogP contribution is 1.98. The van der Waals surface area contributed by atoms with Gasteiger partial charge in [0.2, 0.25) is 0 Å². The van der Waals surface area contributed by atoms with Crippen LogP contribution < -0.4 is 5.73 Å². The van der Waals surface area contributed by atoms with E-state index in [4.69, 9.17) is 10.8 Å². The van der Waals surface area contributed by atoms with Crippen LogP contribution in [0.15, 0.2) is 30.3 Å². The maximum Gasteiger partial charge on any atom is 0.293 e. The van der Waals surface area contributed by atoms with E-state index in [0.29, 0.717) is 19.6 Å². The van der Waals surface area contributed by atoms with Crippen molar-refractivity contribution in [2.45, 2.75) is 6.61 Å². The van der Waals surface area contributed by atoms with Crippen molar-refractivity contribution in [3.63, 3.8) is 0 Å². The molecule has 0 amide bonds. The Morgan fingerprint density at radius 1 is 1.36 bits per heavy atom. The zero-order chi connectivity index (χ0) is 10.6. The lowest BCUT2D eigenvalue weighted by molar-refractivity contribution is -0.129. The van der Waals surface area contributed by atoms with E-state index < -0.39 is 0 Å². The van der Waals surface area contributed by atoms with Crippen molar-refractivity contribution in [1.82, 2.24) is 0 Å². The van der Waals surface area contributed by atoms with E-state index in [1.54, 1.807) is 0 Å². The van der Waals surface area contributed by atoms with E-state index in [0.717, 1.165) is 5.56 Å². The minimum atomic E-state index is 0.0972. The molecule has 0 atom stereocenters. The van der Waals surface area contributed by atoms with Gasteiger partial charge < -0.3 is 15.6 Å². The summed E-state index contributed by atoms with van der Waals surface area (Å²) >= 11 is 0. The Kier molecular flexibility index (Phi) is 8.73. The molecule has 0 aliphatic carbocycles. The van der Waals surface area contributed by atoms with Crippen LogP contribution in [0.3, 0.4) is 0 Å². The third-order valence-electron chi connectivity index (χ3n) is 1.29. The maximum absolute atomic E-state index is 9.76. The van der Waals surface area contributed by atoms with E-state index in [1.165, 1.54) is 0 Å². The molecule has 0 aliphatic rings. The number of carbonyl (C=O) groups is 1. The summed E-state index contributed by atoms with van der Waals surface area (Å²) < 4.78 is 4.54. The summed E-state index contributed by atoms with van der Waals surface area (Å²) in [7, 11) is 0. The second kappa shape index (κ2) is 9.70. The average Bonchev–Trinajstić information content (AvgIpc) is 2.28. The molecule has 78 valence electrons. The average molecular weight is 197 g/mol. The standard InChI is InChI=1S/C8H8O2.C2H7NO/c9-7-10-6-8-4-2-1-3-5-8;3-1-2-4/h1-5,7H,6H2;4H,1-3H2. The fraction of sp³-hybridized carbons (Fsp3) is 0.300. The van der Waals surface area contributed by atoms with Crippen LogP contribution in [0.1, 0.15) is 5.56 Å². The van der Waals surface area contributed by atoms with E-state index in [1.807, 2.05) is 30.3 Å². The highest BCUT2D eigenvalue weighted by molar-refractivity contribution is 5.37. The van der Waals surface area contributed by atoms with Gasteiger partial charge in [0.05, 0.1) is 6.61 Å². The Balaban J connectivity index is 0.000000364. The predicted molar refractivity (Wildman–Crippen MR) is 53.4 cm³/mol.